The van der Waals surface area contributed by atoms with Gasteiger partial charge in [0.2, 0.25) is 0 Å². The van der Waals surface area contributed by atoms with E-state index in [0.717, 1.165) is 4.68 Å². The molecule has 0 saturated heterocycles. The molecule has 1 aromatic rings. The van der Waals surface area contributed by atoms with Crippen molar-refractivity contribution in [1.82, 2.24) is 15.0 Å². The summed E-state index contributed by atoms with van der Waals surface area (Å²) < 4.78 is 25.5. The summed E-state index contributed by atoms with van der Waals surface area (Å²) in [7, 11) is 0. The minimum Gasteiger partial charge on any atom is -0.214 e. The third-order valence-corrected chi connectivity index (χ3v) is 1.09. The van der Waals surface area contributed by atoms with E-state index < -0.39 is 11.9 Å². The summed E-state index contributed by atoms with van der Waals surface area (Å²) in [6, 6.07) is -0.197. The maximum atomic E-state index is 12.5. The van der Waals surface area contributed by atoms with Gasteiger partial charge in [0.05, 0.1) is 6.04 Å². The molecule has 0 aromatic carbocycles. The van der Waals surface area contributed by atoms with Gasteiger partial charge in [-0.05, 0) is 13.8 Å². The van der Waals surface area contributed by atoms with Crippen molar-refractivity contribution in [2.45, 2.75) is 19.9 Å². The van der Waals surface area contributed by atoms with Gasteiger partial charge < -0.3 is 0 Å². The SMILES string of the molecule is CC(C)n1nnc(F)c1F. The number of aromatic nitrogens is 3. The van der Waals surface area contributed by atoms with Crippen LogP contribution in [0.25, 0.3) is 0 Å². The molecule has 1 aromatic heterocycles. The molecule has 0 atom stereocenters. The van der Waals surface area contributed by atoms with Gasteiger partial charge in [0.25, 0.3) is 11.9 Å². The Morgan fingerprint density at radius 3 is 2.20 bits per heavy atom. The third-order valence-electron chi connectivity index (χ3n) is 1.09. The fourth-order valence-corrected chi connectivity index (χ4v) is 0.592. The molecule has 1 heterocycles. The molecule has 0 N–H and O–H groups in total. The van der Waals surface area contributed by atoms with Crippen LogP contribution in [0.1, 0.15) is 19.9 Å². The van der Waals surface area contributed by atoms with Crippen LogP contribution in [0.3, 0.4) is 0 Å². The van der Waals surface area contributed by atoms with Gasteiger partial charge in [0.1, 0.15) is 0 Å². The van der Waals surface area contributed by atoms with Crippen LogP contribution in [-0.2, 0) is 0 Å². The summed E-state index contributed by atoms with van der Waals surface area (Å²) >= 11 is 0. The van der Waals surface area contributed by atoms with E-state index in [0.29, 0.717) is 0 Å². The second-order valence-electron chi connectivity index (χ2n) is 2.21. The Labute approximate surface area is 56.7 Å². The monoisotopic (exact) mass is 147 g/mol. The highest BCUT2D eigenvalue weighted by Gasteiger charge is 2.12. The van der Waals surface area contributed by atoms with Gasteiger partial charge in [-0.25, -0.2) is 4.68 Å². The van der Waals surface area contributed by atoms with Crippen LogP contribution in [-0.4, -0.2) is 15.0 Å². The van der Waals surface area contributed by atoms with Gasteiger partial charge in [-0.1, -0.05) is 10.3 Å². The van der Waals surface area contributed by atoms with Crippen LogP contribution in [0, 0.1) is 11.9 Å². The standard InChI is InChI=1S/C5H7F2N3/c1-3(2)10-5(7)4(6)8-9-10/h3H,1-2H3. The smallest absolute Gasteiger partial charge is 0.214 e. The molecule has 0 aliphatic heterocycles. The average Bonchev–Trinajstić information content (AvgIpc) is 2.14. The van der Waals surface area contributed by atoms with Crippen molar-refractivity contribution in [3.63, 3.8) is 0 Å². The summed E-state index contributed by atoms with van der Waals surface area (Å²) in [5.41, 5.74) is 0. The van der Waals surface area contributed by atoms with Crippen LogP contribution in [0.5, 0.6) is 0 Å². The van der Waals surface area contributed by atoms with Crippen molar-refractivity contribution < 1.29 is 8.78 Å². The molecule has 0 aliphatic carbocycles. The summed E-state index contributed by atoms with van der Waals surface area (Å²) in [6.07, 6.45) is 0. The van der Waals surface area contributed by atoms with Crippen LogP contribution in [0.4, 0.5) is 8.78 Å². The second-order valence-corrected chi connectivity index (χ2v) is 2.21. The van der Waals surface area contributed by atoms with Crippen molar-refractivity contribution in [3.8, 4) is 0 Å². The minimum atomic E-state index is -1.14. The van der Waals surface area contributed by atoms with Crippen molar-refractivity contribution in [3.05, 3.63) is 11.9 Å². The van der Waals surface area contributed by atoms with Gasteiger partial charge >= 0.3 is 0 Å². The van der Waals surface area contributed by atoms with E-state index in [1.54, 1.807) is 13.8 Å². The van der Waals surface area contributed by atoms with Gasteiger partial charge in [-0.15, -0.1) is 0 Å². The van der Waals surface area contributed by atoms with E-state index in [4.69, 9.17) is 0 Å². The summed E-state index contributed by atoms with van der Waals surface area (Å²) in [5.74, 6) is -2.15. The summed E-state index contributed by atoms with van der Waals surface area (Å²) in [5, 5.41) is 6.14. The van der Waals surface area contributed by atoms with Crippen molar-refractivity contribution >= 4 is 0 Å². The third kappa shape index (κ3) is 0.984. The Balaban J connectivity index is 3.05. The van der Waals surface area contributed by atoms with E-state index in [1.807, 2.05) is 0 Å². The predicted molar refractivity (Wildman–Crippen MR) is 30.3 cm³/mol. The number of halogens is 2. The number of hydrogen-bond donors (Lipinski definition) is 0. The van der Waals surface area contributed by atoms with E-state index in [1.165, 1.54) is 0 Å². The second kappa shape index (κ2) is 2.32. The van der Waals surface area contributed by atoms with Crippen LogP contribution < -0.4 is 0 Å². The molecular formula is C5H7F2N3. The lowest BCUT2D eigenvalue weighted by Crippen LogP contribution is -2.05. The highest BCUT2D eigenvalue weighted by atomic mass is 19.2. The largest absolute Gasteiger partial charge is 0.289 e. The molecule has 0 radical (unpaired) electrons. The molecule has 1 rings (SSSR count). The molecule has 10 heavy (non-hydrogen) atoms. The maximum Gasteiger partial charge on any atom is 0.289 e. The lowest BCUT2D eigenvalue weighted by Gasteiger charge is -2.01. The topological polar surface area (TPSA) is 30.7 Å². The fourth-order valence-electron chi connectivity index (χ4n) is 0.592. The number of hydrogen-bond acceptors (Lipinski definition) is 2. The Morgan fingerprint density at radius 1 is 1.40 bits per heavy atom. The highest BCUT2D eigenvalue weighted by Crippen LogP contribution is 2.06. The van der Waals surface area contributed by atoms with Gasteiger partial charge in [0.15, 0.2) is 0 Å². The fraction of sp³-hybridized carbons (Fsp3) is 0.600. The van der Waals surface area contributed by atoms with E-state index in [2.05, 4.69) is 10.3 Å². The highest BCUT2D eigenvalue weighted by molar-refractivity contribution is 4.77. The zero-order valence-corrected chi connectivity index (χ0v) is 5.67. The van der Waals surface area contributed by atoms with Crippen molar-refractivity contribution in [2.75, 3.05) is 0 Å². The van der Waals surface area contributed by atoms with E-state index in [-0.39, 0.29) is 6.04 Å². The number of rotatable bonds is 1. The summed E-state index contributed by atoms with van der Waals surface area (Å²) in [4.78, 5) is 0. The van der Waals surface area contributed by atoms with E-state index in [9.17, 15) is 8.78 Å². The van der Waals surface area contributed by atoms with Gasteiger partial charge in [-0.2, -0.15) is 8.78 Å². The first-order chi connectivity index (χ1) is 4.63. The lowest BCUT2D eigenvalue weighted by atomic mass is 10.4. The molecule has 5 heteroatoms. The molecule has 3 nitrogen and oxygen atoms in total. The Morgan fingerprint density at radius 2 is 2.00 bits per heavy atom. The zero-order valence-electron chi connectivity index (χ0n) is 5.67. The van der Waals surface area contributed by atoms with Crippen molar-refractivity contribution in [2.24, 2.45) is 0 Å². The maximum absolute atomic E-state index is 12.5. The van der Waals surface area contributed by atoms with Gasteiger partial charge in [-0.3, -0.25) is 0 Å². The Bertz CT molecular complexity index is 231. The van der Waals surface area contributed by atoms with Crippen LogP contribution in [0.15, 0.2) is 0 Å². The van der Waals surface area contributed by atoms with Crippen LogP contribution in [0.2, 0.25) is 0 Å². The zero-order chi connectivity index (χ0) is 7.72. The quantitative estimate of drug-likeness (QED) is 0.596. The lowest BCUT2D eigenvalue weighted by molar-refractivity contribution is 0.388. The molecule has 0 unspecified atom stereocenters. The van der Waals surface area contributed by atoms with E-state index >= 15 is 0 Å². The molecule has 0 fully saturated rings. The molecule has 0 aliphatic rings. The Kier molecular flexibility index (Phi) is 1.65. The first kappa shape index (κ1) is 7.11. The van der Waals surface area contributed by atoms with Crippen molar-refractivity contribution in [1.29, 1.82) is 0 Å². The first-order valence-electron chi connectivity index (χ1n) is 2.89. The molecule has 0 saturated carbocycles. The predicted octanol–water partition coefficient (Wildman–Crippen LogP) is 1.14. The molecule has 0 spiro atoms. The molecular weight excluding hydrogens is 140 g/mol. The molecule has 56 valence electrons. The first-order valence-corrected chi connectivity index (χ1v) is 2.89. The van der Waals surface area contributed by atoms with Gasteiger partial charge in [0, 0.05) is 0 Å². The average molecular weight is 147 g/mol. The normalized spacial score (nSPS) is 10.9. The van der Waals surface area contributed by atoms with Crippen LogP contribution >= 0.6 is 0 Å². The molecule has 0 amide bonds. The number of nitrogens with zero attached hydrogens (tertiary/aromatic N) is 3. The molecule has 0 bridgehead atoms. The minimum absolute atomic E-state index is 0.197. The Hall–Kier alpha value is -1.00. The summed E-state index contributed by atoms with van der Waals surface area (Å²) in [6.45, 7) is 3.38.